The summed E-state index contributed by atoms with van der Waals surface area (Å²) >= 11 is 6.27. The summed E-state index contributed by atoms with van der Waals surface area (Å²) in [5, 5.41) is 17.9. The quantitative estimate of drug-likeness (QED) is 0.709. The highest BCUT2D eigenvalue weighted by Gasteiger charge is 2.50. The van der Waals surface area contributed by atoms with Crippen molar-refractivity contribution in [2.75, 3.05) is 0 Å². The lowest BCUT2D eigenvalue weighted by Gasteiger charge is -2.47. The molecule has 5 rings (SSSR count). The number of ether oxygens (including phenoxy) is 1. The van der Waals surface area contributed by atoms with E-state index in [9.17, 15) is 5.11 Å². The van der Waals surface area contributed by atoms with Crippen LogP contribution in [0.4, 0.5) is 0 Å². The van der Waals surface area contributed by atoms with Crippen molar-refractivity contribution in [2.24, 2.45) is 5.10 Å². The van der Waals surface area contributed by atoms with Gasteiger partial charge in [-0.15, -0.1) is 0 Å². The molecule has 2 aliphatic heterocycles. The Morgan fingerprint density at radius 2 is 2.04 bits per heavy atom. The van der Waals surface area contributed by atoms with E-state index in [0.29, 0.717) is 17.2 Å². The van der Waals surface area contributed by atoms with Crippen LogP contribution < -0.4 is 4.74 Å². The molecule has 1 N–H and O–H groups in total. The SMILES string of the molecule is Cc1ccc(C2=NN3[C@@H](C2)c2cc(Cl)ccc2O[C@@]32C=C(O)CCC2)cc1. The molecular weight excluding hydrogens is 360 g/mol. The van der Waals surface area contributed by atoms with E-state index in [1.54, 1.807) is 0 Å². The Kier molecular flexibility index (Phi) is 3.73. The number of aliphatic hydroxyl groups excluding tert-OH is 1. The lowest BCUT2D eigenvalue weighted by atomic mass is 9.90. The van der Waals surface area contributed by atoms with E-state index in [1.165, 1.54) is 5.56 Å². The minimum absolute atomic E-state index is 0.0471. The Hall–Kier alpha value is -2.46. The predicted molar refractivity (Wildman–Crippen MR) is 106 cm³/mol. The highest BCUT2D eigenvalue weighted by atomic mass is 35.5. The van der Waals surface area contributed by atoms with Gasteiger partial charge in [-0.05, 0) is 37.1 Å². The Morgan fingerprint density at radius 3 is 2.81 bits per heavy atom. The molecule has 0 amide bonds. The molecular formula is C22H21ClN2O2. The number of allylic oxidation sites excluding steroid dienone is 1. The van der Waals surface area contributed by atoms with Gasteiger partial charge in [0.05, 0.1) is 17.5 Å². The molecule has 0 radical (unpaired) electrons. The highest BCUT2D eigenvalue weighted by Crippen LogP contribution is 2.50. The van der Waals surface area contributed by atoms with Gasteiger partial charge in [0, 0.05) is 35.9 Å². The van der Waals surface area contributed by atoms with Crippen LogP contribution >= 0.6 is 11.6 Å². The molecule has 2 aromatic rings. The first kappa shape index (κ1) is 16.7. The molecule has 2 atom stereocenters. The van der Waals surface area contributed by atoms with Crippen LogP contribution in [0.15, 0.2) is 59.4 Å². The van der Waals surface area contributed by atoms with Gasteiger partial charge >= 0.3 is 0 Å². The van der Waals surface area contributed by atoms with Crippen molar-refractivity contribution in [3.63, 3.8) is 0 Å². The molecule has 5 heteroatoms. The molecule has 27 heavy (non-hydrogen) atoms. The summed E-state index contributed by atoms with van der Waals surface area (Å²) in [5.41, 5.74) is 3.71. The number of rotatable bonds is 1. The molecule has 0 saturated carbocycles. The summed E-state index contributed by atoms with van der Waals surface area (Å²) in [6.07, 6.45) is 4.97. The van der Waals surface area contributed by atoms with Crippen LogP contribution in [0, 0.1) is 6.92 Å². The Labute approximate surface area is 163 Å². The first-order valence-electron chi connectivity index (χ1n) is 9.37. The number of aliphatic hydroxyl groups is 1. The predicted octanol–water partition coefficient (Wildman–Crippen LogP) is 5.51. The Bertz CT molecular complexity index is 967. The van der Waals surface area contributed by atoms with Crippen LogP contribution in [0.1, 0.15) is 48.4 Å². The molecule has 4 nitrogen and oxygen atoms in total. The van der Waals surface area contributed by atoms with E-state index in [2.05, 4.69) is 31.2 Å². The third kappa shape index (κ3) is 2.71. The molecule has 0 bridgehead atoms. The molecule has 138 valence electrons. The molecule has 0 fully saturated rings. The van der Waals surface area contributed by atoms with Gasteiger partial charge in [-0.25, -0.2) is 5.01 Å². The lowest BCUT2D eigenvalue weighted by molar-refractivity contribution is -0.0944. The van der Waals surface area contributed by atoms with Crippen molar-refractivity contribution >= 4 is 17.3 Å². The standard InChI is InChI=1S/C22H21ClN2O2/c1-14-4-6-15(7-5-14)19-12-20-18-11-16(23)8-9-21(18)27-22(25(20)24-19)10-2-3-17(26)13-22/h4-9,11,13,20,26H,2-3,10,12H2,1H3/t20-,22-/m0/s1. The molecule has 3 aliphatic rings. The second kappa shape index (κ2) is 6.03. The van der Waals surface area contributed by atoms with Crippen molar-refractivity contribution in [1.29, 1.82) is 0 Å². The molecule has 1 aliphatic carbocycles. The van der Waals surface area contributed by atoms with Gasteiger partial charge in [-0.3, -0.25) is 0 Å². The number of nitrogens with zero attached hydrogens (tertiary/aromatic N) is 2. The number of benzene rings is 2. The van der Waals surface area contributed by atoms with Crippen LogP contribution in [0.3, 0.4) is 0 Å². The van der Waals surface area contributed by atoms with Gasteiger partial charge in [0.15, 0.2) is 0 Å². The summed E-state index contributed by atoms with van der Waals surface area (Å²) in [4.78, 5) is 0. The number of fused-ring (bicyclic) bond motifs is 4. The zero-order chi connectivity index (χ0) is 18.6. The average Bonchev–Trinajstić information content (AvgIpc) is 3.10. The molecule has 2 heterocycles. The van der Waals surface area contributed by atoms with Crippen molar-refractivity contribution in [3.8, 4) is 5.75 Å². The van der Waals surface area contributed by atoms with Gasteiger partial charge in [-0.1, -0.05) is 41.4 Å². The van der Waals surface area contributed by atoms with Gasteiger partial charge in [0.2, 0.25) is 5.72 Å². The zero-order valence-electron chi connectivity index (χ0n) is 15.2. The number of hydrogen-bond acceptors (Lipinski definition) is 4. The minimum atomic E-state index is -0.736. The van der Waals surface area contributed by atoms with E-state index < -0.39 is 5.72 Å². The van der Waals surface area contributed by atoms with Crippen LogP contribution in [-0.2, 0) is 0 Å². The molecule has 1 spiro atoms. The number of aryl methyl sites for hydroxylation is 1. The van der Waals surface area contributed by atoms with Gasteiger partial charge in [0.1, 0.15) is 5.75 Å². The van der Waals surface area contributed by atoms with E-state index in [-0.39, 0.29) is 6.04 Å². The summed E-state index contributed by atoms with van der Waals surface area (Å²) in [6, 6.07) is 14.3. The number of hydrogen-bond donors (Lipinski definition) is 1. The third-order valence-corrected chi connectivity index (χ3v) is 5.90. The summed E-state index contributed by atoms with van der Waals surface area (Å²) in [7, 11) is 0. The van der Waals surface area contributed by atoms with Gasteiger partial charge in [0.25, 0.3) is 0 Å². The monoisotopic (exact) mass is 380 g/mol. The third-order valence-electron chi connectivity index (χ3n) is 5.66. The summed E-state index contributed by atoms with van der Waals surface area (Å²) in [6.45, 7) is 2.08. The van der Waals surface area contributed by atoms with Crippen molar-refractivity contribution in [3.05, 3.63) is 76.0 Å². The van der Waals surface area contributed by atoms with Crippen molar-refractivity contribution in [1.82, 2.24) is 5.01 Å². The first-order chi connectivity index (χ1) is 13.0. The fourth-order valence-electron chi connectivity index (χ4n) is 4.32. The van der Waals surface area contributed by atoms with Crippen molar-refractivity contribution in [2.45, 2.75) is 44.4 Å². The number of halogens is 1. The fourth-order valence-corrected chi connectivity index (χ4v) is 4.50. The zero-order valence-corrected chi connectivity index (χ0v) is 15.9. The fraction of sp³-hybridized carbons (Fsp3) is 0.318. The second-order valence-electron chi connectivity index (χ2n) is 7.60. The van der Waals surface area contributed by atoms with Gasteiger partial charge < -0.3 is 9.84 Å². The Balaban J connectivity index is 1.64. The van der Waals surface area contributed by atoms with E-state index >= 15 is 0 Å². The van der Waals surface area contributed by atoms with Crippen LogP contribution in [0.5, 0.6) is 5.75 Å². The molecule has 0 unspecified atom stereocenters. The number of hydrazone groups is 1. The minimum Gasteiger partial charge on any atom is -0.512 e. The van der Waals surface area contributed by atoms with E-state index in [4.69, 9.17) is 21.4 Å². The van der Waals surface area contributed by atoms with Crippen LogP contribution in [-0.4, -0.2) is 21.6 Å². The summed E-state index contributed by atoms with van der Waals surface area (Å²) < 4.78 is 6.43. The largest absolute Gasteiger partial charge is 0.512 e. The molecule has 0 saturated heterocycles. The van der Waals surface area contributed by atoms with Crippen molar-refractivity contribution < 1.29 is 9.84 Å². The van der Waals surface area contributed by atoms with Gasteiger partial charge in [-0.2, -0.15) is 5.10 Å². The maximum atomic E-state index is 10.2. The topological polar surface area (TPSA) is 45.1 Å². The highest BCUT2D eigenvalue weighted by molar-refractivity contribution is 6.30. The molecule has 0 aromatic heterocycles. The first-order valence-corrected chi connectivity index (χ1v) is 9.75. The normalized spacial score (nSPS) is 26.1. The average molecular weight is 381 g/mol. The van der Waals surface area contributed by atoms with E-state index in [1.807, 2.05) is 29.3 Å². The lowest BCUT2D eigenvalue weighted by Crippen LogP contribution is -2.53. The maximum Gasteiger partial charge on any atom is 0.220 e. The molecule has 2 aromatic carbocycles. The summed E-state index contributed by atoms with van der Waals surface area (Å²) in [5.74, 6) is 1.20. The van der Waals surface area contributed by atoms with Crippen LogP contribution in [0.2, 0.25) is 5.02 Å². The Morgan fingerprint density at radius 1 is 1.22 bits per heavy atom. The van der Waals surface area contributed by atoms with E-state index in [0.717, 1.165) is 41.9 Å². The maximum absolute atomic E-state index is 10.2. The van der Waals surface area contributed by atoms with Crippen LogP contribution in [0.25, 0.3) is 0 Å². The smallest absolute Gasteiger partial charge is 0.220 e. The second-order valence-corrected chi connectivity index (χ2v) is 8.03.